The van der Waals surface area contributed by atoms with Gasteiger partial charge in [0, 0.05) is 12.1 Å². The summed E-state index contributed by atoms with van der Waals surface area (Å²) in [5.74, 6) is -0.478. The SMILES string of the molecule is COc1ccc(C(=O)NCC2CCC(C(=O)O)O2)cc1. The van der Waals surface area contributed by atoms with E-state index in [1.807, 2.05) is 0 Å². The number of ether oxygens (including phenoxy) is 2. The second-order valence-corrected chi connectivity index (χ2v) is 4.60. The molecule has 1 aliphatic heterocycles. The molecular weight excluding hydrogens is 262 g/mol. The van der Waals surface area contributed by atoms with E-state index in [4.69, 9.17) is 14.6 Å². The molecule has 0 spiro atoms. The number of carboxylic acids is 1. The van der Waals surface area contributed by atoms with Crippen molar-refractivity contribution in [2.24, 2.45) is 0 Å². The molecule has 6 heteroatoms. The number of hydrogen-bond acceptors (Lipinski definition) is 4. The lowest BCUT2D eigenvalue weighted by Crippen LogP contribution is -2.33. The topological polar surface area (TPSA) is 84.9 Å². The third-order valence-electron chi connectivity index (χ3n) is 3.23. The molecule has 2 atom stereocenters. The monoisotopic (exact) mass is 279 g/mol. The average molecular weight is 279 g/mol. The Morgan fingerprint density at radius 1 is 1.35 bits per heavy atom. The Kier molecular flexibility index (Phi) is 4.57. The number of carbonyl (C=O) groups is 2. The Morgan fingerprint density at radius 2 is 2.05 bits per heavy atom. The highest BCUT2D eigenvalue weighted by molar-refractivity contribution is 5.94. The van der Waals surface area contributed by atoms with Gasteiger partial charge in [-0.15, -0.1) is 0 Å². The highest BCUT2D eigenvalue weighted by atomic mass is 16.5. The van der Waals surface area contributed by atoms with E-state index in [1.165, 1.54) is 0 Å². The summed E-state index contributed by atoms with van der Waals surface area (Å²) in [6.07, 6.45) is 0.134. The largest absolute Gasteiger partial charge is 0.497 e. The number of benzene rings is 1. The van der Waals surface area contributed by atoms with Gasteiger partial charge in [0.15, 0.2) is 6.10 Å². The number of aliphatic carboxylic acids is 1. The zero-order chi connectivity index (χ0) is 14.5. The van der Waals surface area contributed by atoms with Gasteiger partial charge in [0.25, 0.3) is 5.91 Å². The minimum Gasteiger partial charge on any atom is -0.497 e. The maximum absolute atomic E-state index is 11.9. The molecule has 0 aliphatic carbocycles. The second-order valence-electron chi connectivity index (χ2n) is 4.60. The van der Waals surface area contributed by atoms with E-state index in [0.29, 0.717) is 30.7 Å². The maximum Gasteiger partial charge on any atom is 0.332 e. The number of hydrogen-bond donors (Lipinski definition) is 2. The van der Waals surface area contributed by atoms with Crippen molar-refractivity contribution in [1.29, 1.82) is 0 Å². The average Bonchev–Trinajstić information content (AvgIpc) is 2.94. The van der Waals surface area contributed by atoms with Crippen LogP contribution >= 0.6 is 0 Å². The highest BCUT2D eigenvalue weighted by Crippen LogP contribution is 2.19. The quantitative estimate of drug-likeness (QED) is 0.841. The molecule has 1 heterocycles. The fourth-order valence-electron chi connectivity index (χ4n) is 2.09. The van der Waals surface area contributed by atoms with Crippen LogP contribution in [0.3, 0.4) is 0 Å². The number of carboxylic acid groups (broad SMARTS) is 1. The highest BCUT2D eigenvalue weighted by Gasteiger charge is 2.30. The molecule has 1 aliphatic rings. The van der Waals surface area contributed by atoms with Crippen molar-refractivity contribution < 1.29 is 24.2 Å². The van der Waals surface area contributed by atoms with Crippen molar-refractivity contribution >= 4 is 11.9 Å². The Bertz CT molecular complexity index is 485. The van der Waals surface area contributed by atoms with Crippen molar-refractivity contribution in [2.75, 3.05) is 13.7 Å². The van der Waals surface area contributed by atoms with Crippen molar-refractivity contribution in [3.8, 4) is 5.75 Å². The molecule has 0 saturated carbocycles. The van der Waals surface area contributed by atoms with Crippen LogP contribution in [0.2, 0.25) is 0 Å². The molecule has 1 amide bonds. The molecule has 1 aromatic rings. The molecule has 1 fully saturated rings. The second kappa shape index (κ2) is 6.38. The Hall–Kier alpha value is -2.08. The summed E-state index contributed by atoms with van der Waals surface area (Å²) in [6, 6.07) is 6.76. The Labute approximate surface area is 116 Å². The maximum atomic E-state index is 11.9. The minimum absolute atomic E-state index is 0.213. The molecule has 2 N–H and O–H groups in total. The van der Waals surface area contributed by atoms with Gasteiger partial charge in [-0.05, 0) is 37.1 Å². The van der Waals surface area contributed by atoms with Crippen molar-refractivity contribution in [3.63, 3.8) is 0 Å². The summed E-state index contributed by atoms with van der Waals surface area (Å²) in [4.78, 5) is 22.6. The van der Waals surface area contributed by atoms with Crippen molar-refractivity contribution in [2.45, 2.75) is 25.0 Å². The molecule has 6 nitrogen and oxygen atoms in total. The first kappa shape index (κ1) is 14.3. The van der Waals surface area contributed by atoms with E-state index in [9.17, 15) is 9.59 Å². The zero-order valence-electron chi connectivity index (χ0n) is 11.2. The smallest absolute Gasteiger partial charge is 0.332 e. The van der Waals surface area contributed by atoms with Crippen LogP contribution in [-0.2, 0) is 9.53 Å². The van der Waals surface area contributed by atoms with Crippen LogP contribution < -0.4 is 10.1 Å². The standard InChI is InChI=1S/C14H17NO5/c1-19-10-4-2-9(3-5-10)13(16)15-8-11-6-7-12(20-11)14(17)18/h2-5,11-12H,6-8H2,1H3,(H,15,16)(H,17,18). The lowest BCUT2D eigenvalue weighted by atomic mass is 10.2. The Morgan fingerprint density at radius 3 is 2.60 bits per heavy atom. The van der Waals surface area contributed by atoms with Gasteiger partial charge < -0.3 is 19.9 Å². The molecule has 0 radical (unpaired) electrons. The molecule has 108 valence electrons. The first-order chi connectivity index (χ1) is 9.60. The van der Waals surface area contributed by atoms with E-state index < -0.39 is 12.1 Å². The first-order valence-corrected chi connectivity index (χ1v) is 6.40. The predicted octanol–water partition coefficient (Wildman–Crippen LogP) is 1.06. The van der Waals surface area contributed by atoms with Gasteiger partial charge in [-0.3, -0.25) is 4.79 Å². The van der Waals surface area contributed by atoms with Crippen LogP contribution in [0.4, 0.5) is 0 Å². The van der Waals surface area contributed by atoms with Gasteiger partial charge in [0.05, 0.1) is 13.2 Å². The van der Waals surface area contributed by atoms with Gasteiger partial charge in [0.2, 0.25) is 0 Å². The molecule has 0 bridgehead atoms. The number of methoxy groups -OCH3 is 1. The number of carbonyl (C=O) groups excluding carboxylic acids is 1. The van der Waals surface area contributed by atoms with E-state index in [1.54, 1.807) is 31.4 Å². The summed E-state index contributed by atoms with van der Waals surface area (Å²) in [6.45, 7) is 0.314. The van der Waals surface area contributed by atoms with Gasteiger partial charge in [-0.2, -0.15) is 0 Å². The number of amides is 1. The van der Waals surface area contributed by atoms with Crippen LogP contribution in [0.5, 0.6) is 5.75 Å². The van der Waals surface area contributed by atoms with Crippen LogP contribution in [0.1, 0.15) is 23.2 Å². The van der Waals surface area contributed by atoms with Crippen LogP contribution in [0, 0.1) is 0 Å². The molecule has 1 saturated heterocycles. The van der Waals surface area contributed by atoms with E-state index in [2.05, 4.69) is 5.32 Å². The predicted molar refractivity (Wildman–Crippen MR) is 70.9 cm³/mol. The van der Waals surface area contributed by atoms with Crippen LogP contribution in [0.15, 0.2) is 24.3 Å². The number of nitrogens with one attached hydrogen (secondary N) is 1. The summed E-state index contributed by atoms with van der Waals surface area (Å²) in [5.41, 5.74) is 0.526. The normalized spacial score (nSPS) is 21.4. The molecule has 2 unspecified atom stereocenters. The lowest BCUT2D eigenvalue weighted by molar-refractivity contribution is -0.149. The first-order valence-electron chi connectivity index (χ1n) is 6.40. The minimum atomic E-state index is -0.950. The number of rotatable bonds is 5. The molecule has 20 heavy (non-hydrogen) atoms. The summed E-state index contributed by atoms with van der Waals surface area (Å²) >= 11 is 0. The van der Waals surface area contributed by atoms with Crippen LogP contribution in [-0.4, -0.2) is 42.8 Å². The van der Waals surface area contributed by atoms with E-state index >= 15 is 0 Å². The van der Waals surface area contributed by atoms with Crippen LogP contribution in [0.25, 0.3) is 0 Å². The third kappa shape index (κ3) is 3.48. The fraction of sp³-hybridized carbons (Fsp3) is 0.429. The van der Waals surface area contributed by atoms with Crippen molar-refractivity contribution in [3.05, 3.63) is 29.8 Å². The van der Waals surface area contributed by atoms with E-state index in [0.717, 1.165) is 0 Å². The molecule has 2 rings (SSSR count). The summed E-state index contributed by atoms with van der Waals surface area (Å²) in [5, 5.41) is 11.6. The molecule has 1 aromatic carbocycles. The van der Waals surface area contributed by atoms with Gasteiger partial charge in [-0.25, -0.2) is 4.79 Å². The molecule has 0 aromatic heterocycles. The zero-order valence-corrected chi connectivity index (χ0v) is 11.2. The van der Waals surface area contributed by atoms with Gasteiger partial charge in [0.1, 0.15) is 5.75 Å². The summed E-state index contributed by atoms with van der Waals surface area (Å²) in [7, 11) is 1.56. The summed E-state index contributed by atoms with van der Waals surface area (Å²) < 4.78 is 10.3. The van der Waals surface area contributed by atoms with Crippen molar-refractivity contribution in [1.82, 2.24) is 5.32 Å². The van der Waals surface area contributed by atoms with Gasteiger partial charge >= 0.3 is 5.97 Å². The third-order valence-corrected chi connectivity index (χ3v) is 3.23. The van der Waals surface area contributed by atoms with E-state index in [-0.39, 0.29) is 12.0 Å². The van der Waals surface area contributed by atoms with Gasteiger partial charge in [-0.1, -0.05) is 0 Å². The fourth-order valence-corrected chi connectivity index (χ4v) is 2.09. The Balaban J connectivity index is 1.81. The molecular formula is C14H17NO5. The lowest BCUT2D eigenvalue weighted by Gasteiger charge is -2.12.